The zero-order valence-electron chi connectivity index (χ0n) is 13.8. The van der Waals surface area contributed by atoms with E-state index in [1.807, 2.05) is 13.0 Å². The molecule has 0 heterocycles. The number of anilines is 1. The molecule has 0 aliphatic heterocycles. The van der Waals surface area contributed by atoms with Crippen molar-refractivity contribution in [3.05, 3.63) is 58.6 Å². The SMILES string of the molecule is CCC(Oc1ccc2c(c1)CCCC2)C(=O)Nc1ccc(Cl)cc1. The number of amides is 1. The maximum absolute atomic E-state index is 12.5. The lowest BCUT2D eigenvalue weighted by Crippen LogP contribution is -2.32. The predicted octanol–water partition coefficient (Wildman–Crippen LogP) is 5.01. The van der Waals surface area contributed by atoms with Crippen molar-refractivity contribution in [3.8, 4) is 5.75 Å². The van der Waals surface area contributed by atoms with E-state index in [4.69, 9.17) is 16.3 Å². The first-order chi connectivity index (χ1) is 11.7. The Bertz CT molecular complexity index is 712. The van der Waals surface area contributed by atoms with E-state index in [1.165, 1.54) is 24.0 Å². The fourth-order valence-corrected chi connectivity index (χ4v) is 3.15. The zero-order chi connectivity index (χ0) is 16.9. The average molecular weight is 344 g/mol. The molecule has 1 unspecified atom stereocenters. The lowest BCUT2D eigenvalue weighted by atomic mass is 9.92. The Morgan fingerprint density at radius 3 is 2.54 bits per heavy atom. The summed E-state index contributed by atoms with van der Waals surface area (Å²) in [7, 11) is 0. The number of ether oxygens (including phenoxy) is 1. The zero-order valence-corrected chi connectivity index (χ0v) is 14.6. The topological polar surface area (TPSA) is 38.3 Å². The molecule has 2 aromatic carbocycles. The van der Waals surface area contributed by atoms with Crippen LogP contribution in [0.5, 0.6) is 5.75 Å². The summed E-state index contributed by atoms with van der Waals surface area (Å²) in [6.45, 7) is 1.95. The van der Waals surface area contributed by atoms with Crippen LogP contribution in [0.15, 0.2) is 42.5 Å². The molecule has 3 nitrogen and oxygen atoms in total. The lowest BCUT2D eigenvalue weighted by Gasteiger charge is -2.20. The van der Waals surface area contributed by atoms with Crippen LogP contribution in [0, 0.1) is 0 Å². The number of carbonyl (C=O) groups excluding carboxylic acids is 1. The summed E-state index contributed by atoms with van der Waals surface area (Å²) in [6, 6.07) is 13.3. The Hall–Kier alpha value is -2.00. The first-order valence-corrected chi connectivity index (χ1v) is 8.88. The fourth-order valence-electron chi connectivity index (χ4n) is 3.03. The van der Waals surface area contributed by atoms with Crippen molar-refractivity contribution in [2.24, 2.45) is 0 Å². The van der Waals surface area contributed by atoms with E-state index in [2.05, 4.69) is 17.4 Å². The number of hydrogen-bond donors (Lipinski definition) is 1. The molecule has 24 heavy (non-hydrogen) atoms. The van der Waals surface area contributed by atoms with E-state index in [0.717, 1.165) is 24.3 Å². The van der Waals surface area contributed by atoms with Crippen LogP contribution in [0.4, 0.5) is 5.69 Å². The minimum atomic E-state index is -0.512. The van der Waals surface area contributed by atoms with Crippen molar-refractivity contribution in [2.75, 3.05) is 5.32 Å². The molecule has 1 aliphatic rings. The first kappa shape index (κ1) is 16.8. The average Bonchev–Trinajstić information content (AvgIpc) is 2.61. The highest BCUT2D eigenvalue weighted by atomic mass is 35.5. The van der Waals surface area contributed by atoms with Crippen LogP contribution in [0.25, 0.3) is 0 Å². The Balaban J connectivity index is 1.67. The highest BCUT2D eigenvalue weighted by Gasteiger charge is 2.19. The summed E-state index contributed by atoms with van der Waals surface area (Å²) in [5.41, 5.74) is 3.48. The molecule has 0 saturated carbocycles. The highest BCUT2D eigenvalue weighted by Crippen LogP contribution is 2.26. The Kier molecular flexibility index (Phi) is 5.41. The maximum Gasteiger partial charge on any atom is 0.265 e. The van der Waals surface area contributed by atoms with Gasteiger partial charge in [0.15, 0.2) is 6.10 Å². The normalized spacial score (nSPS) is 14.6. The van der Waals surface area contributed by atoms with Crippen molar-refractivity contribution >= 4 is 23.2 Å². The molecule has 0 bridgehead atoms. The van der Waals surface area contributed by atoms with E-state index >= 15 is 0 Å². The lowest BCUT2D eigenvalue weighted by molar-refractivity contribution is -0.122. The number of fused-ring (bicyclic) bond motifs is 1. The number of hydrogen-bond acceptors (Lipinski definition) is 2. The van der Waals surface area contributed by atoms with Crippen molar-refractivity contribution in [3.63, 3.8) is 0 Å². The molecule has 1 aliphatic carbocycles. The van der Waals surface area contributed by atoms with Gasteiger partial charge in [0.05, 0.1) is 0 Å². The van der Waals surface area contributed by atoms with Crippen LogP contribution < -0.4 is 10.1 Å². The third-order valence-corrected chi connectivity index (χ3v) is 4.63. The van der Waals surface area contributed by atoms with Gasteiger partial charge in [0, 0.05) is 10.7 Å². The van der Waals surface area contributed by atoms with Gasteiger partial charge in [0.2, 0.25) is 0 Å². The highest BCUT2D eigenvalue weighted by molar-refractivity contribution is 6.30. The van der Waals surface area contributed by atoms with Gasteiger partial charge < -0.3 is 10.1 Å². The second-order valence-electron chi connectivity index (χ2n) is 6.15. The minimum absolute atomic E-state index is 0.141. The molecule has 0 fully saturated rings. The second-order valence-corrected chi connectivity index (χ2v) is 6.58. The molecular weight excluding hydrogens is 322 g/mol. The minimum Gasteiger partial charge on any atom is -0.481 e. The van der Waals surface area contributed by atoms with Crippen LogP contribution in [0.2, 0.25) is 5.02 Å². The van der Waals surface area contributed by atoms with E-state index in [-0.39, 0.29) is 5.91 Å². The summed E-state index contributed by atoms with van der Waals surface area (Å²) in [5, 5.41) is 3.52. The predicted molar refractivity (Wildman–Crippen MR) is 97.9 cm³/mol. The smallest absolute Gasteiger partial charge is 0.265 e. The number of nitrogens with one attached hydrogen (secondary N) is 1. The quantitative estimate of drug-likeness (QED) is 0.828. The van der Waals surface area contributed by atoms with Crippen LogP contribution in [-0.2, 0) is 17.6 Å². The molecule has 1 amide bonds. The van der Waals surface area contributed by atoms with Gasteiger partial charge in [-0.3, -0.25) is 4.79 Å². The van der Waals surface area contributed by atoms with Crippen LogP contribution in [0.3, 0.4) is 0 Å². The van der Waals surface area contributed by atoms with E-state index in [1.54, 1.807) is 24.3 Å². The van der Waals surface area contributed by atoms with E-state index < -0.39 is 6.10 Å². The Morgan fingerprint density at radius 2 is 1.83 bits per heavy atom. The van der Waals surface area contributed by atoms with Gasteiger partial charge in [-0.05, 0) is 79.6 Å². The number of carbonyl (C=O) groups is 1. The summed E-state index contributed by atoms with van der Waals surface area (Å²) >= 11 is 5.87. The molecule has 0 radical (unpaired) electrons. The standard InChI is InChI=1S/C20H22ClNO2/c1-2-19(20(23)22-17-10-8-16(21)9-11-17)24-18-12-7-14-5-3-4-6-15(14)13-18/h7-13,19H,2-6H2,1H3,(H,22,23). The third-order valence-electron chi connectivity index (χ3n) is 4.37. The molecule has 3 rings (SSSR count). The van der Waals surface area contributed by atoms with Crippen LogP contribution in [-0.4, -0.2) is 12.0 Å². The van der Waals surface area contributed by atoms with Gasteiger partial charge in [-0.25, -0.2) is 0 Å². The number of aryl methyl sites for hydroxylation is 2. The van der Waals surface area contributed by atoms with Crippen LogP contribution >= 0.6 is 11.6 Å². The molecule has 4 heteroatoms. The molecular formula is C20H22ClNO2. The number of halogens is 1. The molecule has 0 aromatic heterocycles. The van der Waals surface area contributed by atoms with Gasteiger partial charge in [0.25, 0.3) is 5.91 Å². The van der Waals surface area contributed by atoms with Crippen molar-refractivity contribution in [2.45, 2.75) is 45.1 Å². The van der Waals surface area contributed by atoms with Gasteiger partial charge in [0.1, 0.15) is 5.75 Å². The van der Waals surface area contributed by atoms with E-state index in [0.29, 0.717) is 11.4 Å². The molecule has 2 aromatic rings. The van der Waals surface area contributed by atoms with Crippen molar-refractivity contribution in [1.29, 1.82) is 0 Å². The van der Waals surface area contributed by atoms with Crippen LogP contribution in [0.1, 0.15) is 37.3 Å². The molecule has 126 valence electrons. The molecule has 1 atom stereocenters. The molecule has 1 N–H and O–H groups in total. The fraction of sp³-hybridized carbons (Fsp3) is 0.350. The number of benzene rings is 2. The van der Waals surface area contributed by atoms with Gasteiger partial charge in [-0.1, -0.05) is 24.6 Å². The van der Waals surface area contributed by atoms with Gasteiger partial charge in [-0.15, -0.1) is 0 Å². The molecule has 0 spiro atoms. The van der Waals surface area contributed by atoms with Crippen molar-refractivity contribution in [1.82, 2.24) is 0 Å². The summed E-state index contributed by atoms with van der Waals surface area (Å²) in [4.78, 5) is 12.5. The number of rotatable bonds is 5. The van der Waals surface area contributed by atoms with E-state index in [9.17, 15) is 4.79 Å². The summed E-state index contributed by atoms with van der Waals surface area (Å²) in [6.07, 6.45) is 4.82. The maximum atomic E-state index is 12.5. The summed E-state index contributed by atoms with van der Waals surface area (Å²) < 4.78 is 5.95. The second kappa shape index (κ2) is 7.71. The van der Waals surface area contributed by atoms with Gasteiger partial charge in [-0.2, -0.15) is 0 Å². The summed E-state index contributed by atoms with van der Waals surface area (Å²) in [5.74, 6) is 0.631. The first-order valence-electron chi connectivity index (χ1n) is 8.50. The largest absolute Gasteiger partial charge is 0.481 e. The van der Waals surface area contributed by atoms with Crippen molar-refractivity contribution < 1.29 is 9.53 Å². The monoisotopic (exact) mass is 343 g/mol. The van der Waals surface area contributed by atoms with Gasteiger partial charge >= 0.3 is 0 Å². The third kappa shape index (κ3) is 4.09. The Morgan fingerprint density at radius 1 is 1.12 bits per heavy atom. The molecule has 0 saturated heterocycles. The Labute approximate surface area is 148 Å².